The second-order valence-corrected chi connectivity index (χ2v) is 9.90. The highest BCUT2D eigenvalue weighted by Gasteiger charge is 2.62. The summed E-state index contributed by atoms with van der Waals surface area (Å²) in [6, 6.07) is 0. The quantitative estimate of drug-likeness (QED) is 0.604. The second kappa shape index (κ2) is 6.72. The molecule has 0 spiro atoms. The van der Waals surface area contributed by atoms with Crippen LogP contribution in [0.3, 0.4) is 0 Å². The number of ketones is 1. The summed E-state index contributed by atoms with van der Waals surface area (Å²) in [7, 11) is 0. The third-order valence-corrected chi connectivity index (χ3v) is 8.58. The number of hydrogen-bond donors (Lipinski definition) is 0. The van der Waals surface area contributed by atoms with Gasteiger partial charge in [-0.1, -0.05) is 32.8 Å². The molecular weight excluding hydrogens is 327 g/mol. The minimum absolute atomic E-state index is 0.00358. The van der Waals surface area contributed by atoms with Crippen LogP contribution in [0.4, 0.5) is 4.39 Å². The summed E-state index contributed by atoms with van der Waals surface area (Å²) in [5, 5.41) is 0. The van der Waals surface area contributed by atoms with E-state index in [0.29, 0.717) is 24.7 Å². The smallest absolute Gasteiger partial charge is 0.155 e. The van der Waals surface area contributed by atoms with Crippen LogP contribution in [0.2, 0.25) is 0 Å². The molecule has 0 aromatic rings. The molecular formula is C23H35FO2. The van der Waals surface area contributed by atoms with E-state index in [0.717, 1.165) is 45.1 Å². The van der Waals surface area contributed by atoms with Gasteiger partial charge in [-0.15, -0.1) is 0 Å². The van der Waals surface area contributed by atoms with E-state index in [1.54, 1.807) is 0 Å². The van der Waals surface area contributed by atoms with E-state index in [9.17, 15) is 4.79 Å². The minimum Gasteiger partial charge on any atom is -0.378 e. The van der Waals surface area contributed by atoms with Crippen LogP contribution in [0.1, 0.15) is 78.6 Å². The van der Waals surface area contributed by atoms with Crippen LogP contribution < -0.4 is 0 Å². The Morgan fingerprint density at radius 2 is 2.04 bits per heavy atom. The van der Waals surface area contributed by atoms with Crippen molar-refractivity contribution in [2.75, 3.05) is 6.61 Å². The molecule has 0 aromatic heterocycles. The zero-order valence-corrected chi connectivity index (χ0v) is 16.7. The lowest BCUT2D eigenvalue weighted by molar-refractivity contribution is -0.133. The van der Waals surface area contributed by atoms with Gasteiger partial charge in [-0.3, -0.25) is 4.79 Å². The van der Waals surface area contributed by atoms with Gasteiger partial charge in [-0.25, -0.2) is 4.39 Å². The number of fused-ring (bicyclic) bond motifs is 5. The van der Waals surface area contributed by atoms with Gasteiger partial charge in [0, 0.05) is 18.9 Å². The average Bonchev–Trinajstić information content (AvgIpc) is 2.91. The third kappa shape index (κ3) is 2.72. The number of alkyl halides is 1. The van der Waals surface area contributed by atoms with Crippen molar-refractivity contribution >= 4 is 5.78 Å². The number of ether oxygens (including phenoxy) is 1. The predicted molar refractivity (Wildman–Crippen MR) is 102 cm³/mol. The fraction of sp³-hybridized carbons (Fsp3) is 0.870. The molecule has 4 aliphatic carbocycles. The molecule has 4 rings (SSSR count). The molecule has 0 heterocycles. The summed E-state index contributed by atoms with van der Waals surface area (Å²) in [6.07, 6.45) is 10.0. The maximum Gasteiger partial charge on any atom is 0.155 e. The normalized spacial score (nSPS) is 47.8. The first-order valence-corrected chi connectivity index (χ1v) is 10.9. The van der Waals surface area contributed by atoms with Crippen LogP contribution in [-0.2, 0) is 9.53 Å². The Morgan fingerprint density at radius 1 is 1.23 bits per heavy atom. The standard InChI is InChI=1S/C23H35FO2/c1-4-5-12-26-20-9-8-18-17-7-6-15-13-16(25)10-11-22(15,2)21(17)19(24)14-23(18,20)3/h13,17-21H,4-12,14H2,1-3H3/t17-,18-,19?,20?,21-,22-,23-/m0/s1. The molecule has 0 radical (unpaired) electrons. The SMILES string of the molecule is CCCCOC1CC[C@H]2[C@@H]3CCC4=CC(=O)CC[C@]4(C)[C@@H]3C(F)C[C@]12C. The number of halogens is 1. The van der Waals surface area contributed by atoms with Crippen LogP contribution in [0.25, 0.3) is 0 Å². The zero-order chi connectivity index (χ0) is 18.5. The zero-order valence-electron chi connectivity index (χ0n) is 16.7. The summed E-state index contributed by atoms with van der Waals surface area (Å²) in [4.78, 5) is 11.9. The lowest BCUT2D eigenvalue weighted by atomic mass is 9.47. The van der Waals surface area contributed by atoms with E-state index in [4.69, 9.17) is 4.74 Å². The first-order valence-electron chi connectivity index (χ1n) is 10.9. The second-order valence-electron chi connectivity index (χ2n) is 9.90. The van der Waals surface area contributed by atoms with Gasteiger partial charge in [-0.2, -0.15) is 0 Å². The fourth-order valence-electron chi connectivity index (χ4n) is 7.21. The average molecular weight is 363 g/mol. The van der Waals surface area contributed by atoms with E-state index in [1.165, 1.54) is 12.0 Å². The maximum atomic E-state index is 15.7. The predicted octanol–water partition coefficient (Wildman–Crippen LogP) is 5.65. The van der Waals surface area contributed by atoms with Gasteiger partial charge in [0.25, 0.3) is 0 Å². The van der Waals surface area contributed by atoms with Crippen molar-refractivity contribution in [1.82, 2.24) is 0 Å². The third-order valence-electron chi connectivity index (χ3n) is 8.58. The first kappa shape index (κ1) is 18.7. The number of hydrogen-bond acceptors (Lipinski definition) is 2. The van der Waals surface area contributed by atoms with Crippen LogP contribution >= 0.6 is 0 Å². The van der Waals surface area contributed by atoms with Crippen LogP contribution in [0.15, 0.2) is 11.6 Å². The molecule has 0 aromatic carbocycles. The van der Waals surface area contributed by atoms with Gasteiger partial charge in [0.2, 0.25) is 0 Å². The first-order chi connectivity index (χ1) is 12.4. The largest absolute Gasteiger partial charge is 0.378 e. The van der Waals surface area contributed by atoms with E-state index in [2.05, 4.69) is 20.8 Å². The molecule has 0 N–H and O–H groups in total. The van der Waals surface area contributed by atoms with Gasteiger partial charge in [0.05, 0.1) is 6.10 Å². The van der Waals surface area contributed by atoms with Crippen molar-refractivity contribution in [2.24, 2.45) is 28.6 Å². The Balaban J connectivity index is 1.59. The van der Waals surface area contributed by atoms with Gasteiger partial charge in [-0.05, 0) is 73.7 Å². The van der Waals surface area contributed by atoms with Crippen molar-refractivity contribution in [1.29, 1.82) is 0 Å². The fourth-order valence-corrected chi connectivity index (χ4v) is 7.21. The van der Waals surface area contributed by atoms with Gasteiger partial charge in [0.1, 0.15) is 6.17 Å². The molecule has 0 bridgehead atoms. The van der Waals surface area contributed by atoms with Crippen molar-refractivity contribution in [2.45, 2.75) is 90.8 Å². The maximum absolute atomic E-state index is 15.7. The monoisotopic (exact) mass is 362 g/mol. The van der Waals surface area contributed by atoms with Crippen LogP contribution in [-0.4, -0.2) is 24.7 Å². The van der Waals surface area contributed by atoms with Crippen LogP contribution in [0, 0.1) is 28.6 Å². The molecule has 26 heavy (non-hydrogen) atoms. The number of unbranched alkanes of at least 4 members (excludes halogenated alkanes) is 1. The molecule has 146 valence electrons. The molecule has 2 nitrogen and oxygen atoms in total. The van der Waals surface area contributed by atoms with E-state index >= 15 is 4.39 Å². The summed E-state index contributed by atoms with van der Waals surface area (Å²) >= 11 is 0. The Kier molecular flexibility index (Phi) is 4.82. The Hall–Kier alpha value is -0.700. The molecule has 7 atom stereocenters. The molecule has 3 fully saturated rings. The molecule has 0 aliphatic heterocycles. The highest BCUT2D eigenvalue weighted by Crippen LogP contribution is 2.66. The van der Waals surface area contributed by atoms with E-state index in [1.807, 2.05) is 6.08 Å². The highest BCUT2D eigenvalue weighted by atomic mass is 19.1. The summed E-state index contributed by atoms with van der Waals surface area (Å²) in [5.41, 5.74) is 1.14. The van der Waals surface area contributed by atoms with Crippen molar-refractivity contribution in [3.8, 4) is 0 Å². The highest BCUT2D eigenvalue weighted by molar-refractivity contribution is 5.91. The number of carbonyl (C=O) groups is 1. The molecule has 2 unspecified atom stereocenters. The van der Waals surface area contributed by atoms with Gasteiger partial charge >= 0.3 is 0 Å². The van der Waals surface area contributed by atoms with E-state index in [-0.39, 0.29) is 28.6 Å². The lowest BCUT2D eigenvalue weighted by Crippen LogP contribution is -2.56. The minimum atomic E-state index is -0.765. The number of rotatable bonds is 4. The Morgan fingerprint density at radius 3 is 2.81 bits per heavy atom. The number of allylic oxidation sites excluding steroid dienone is 1. The summed E-state index contributed by atoms with van der Waals surface area (Å²) < 4.78 is 22.0. The Labute approximate surface area is 157 Å². The van der Waals surface area contributed by atoms with E-state index < -0.39 is 6.17 Å². The summed E-state index contributed by atoms with van der Waals surface area (Å²) in [6.45, 7) is 7.57. The molecule has 0 saturated heterocycles. The molecule has 3 heteroatoms. The summed E-state index contributed by atoms with van der Waals surface area (Å²) in [5.74, 6) is 1.39. The van der Waals surface area contributed by atoms with Crippen molar-refractivity contribution < 1.29 is 13.9 Å². The lowest BCUT2D eigenvalue weighted by Gasteiger charge is -2.59. The van der Waals surface area contributed by atoms with Crippen LogP contribution in [0.5, 0.6) is 0 Å². The van der Waals surface area contributed by atoms with Crippen molar-refractivity contribution in [3.05, 3.63) is 11.6 Å². The Bertz CT molecular complexity index is 599. The van der Waals surface area contributed by atoms with Gasteiger partial charge in [0.15, 0.2) is 5.78 Å². The number of carbonyl (C=O) groups excluding carboxylic acids is 1. The molecule has 3 saturated carbocycles. The molecule has 0 amide bonds. The molecule has 4 aliphatic rings. The van der Waals surface area contributed by atoms with Crippen molar-refractivity contribution in [3.63, 3.8) is 0 Å². The van der Waals surface area contributed by atoms with Gasteiger partial charge < -0.3 is 4.74 Å². The topological polar surface area (TPSA) is 26.3 Å².